The number of hydrogen-bond donors (Lipinski definition) is 2. The molecule has 2 rings (SSSR count). The minimum absolute atomic E-state index is 0.00196. The van der Waals surface area contributed by atoms with Gasteiger partial charge in [0, 0.05) is 25.1 Å². The van der Waals surface area contributed by atoms with Crippen LogP contribution in [0.25, 0.3) is 0 Å². The molecule has 21 heavy (non-hydrogen) atoms. The number of piperidine rings is 1. The molecule has 1 aliphatic rings. The fourth-order valence-electron chi connectivity index (χ4n) is 2.64. The van der Waals surface area contributed by atoms with Crippen molar-refractivity contribution in [2.24, 2.45) is 0 Å². The van der Waals surface area contributed by atoms with Crippen molar-refractivity contribution in [3.63, 3.8) is 0 Å². The number of nitrogens with zero attached hydrogens (tertiary/aromatic N) is 1. The Morgan fingerprint density at radius 1 is 1.24 bits per heavy atom. The maximum Gasteiger partial charge on any atom is 0.251 e. The zero-order valence-corrected chi connectivity index (χ0v) is 12.1. The van der Waals surface area contributed by atoms with Gasteiger partial charge >= 0.3 is 0 Å². The van der Waals surface area contributed by atoms with Gasteiger partial charge in [0.05, 0.1) is 12.6 Å². The van der Waals surface area contributed by atoms with Crippen LogP contribution in [0.4, 0.5) is 0 Å². The molecule has 1 saturated heterocycles. The van der Waals surface area contributed by atoms with Crippen LogP contribution in [-0.4, -0.2) is 47.6 Å². The summed E-state index contributed by atoms with van der Waals surface area (Å²) in [7, 11) is 0. The Hall–Kier alpha value is -1.88. The van der Waals surface area contributed by atoms with Gasteiger partial charge in [-0.15, -0.1) is 0 Å². The average molecular weight is 290 g/mol. The van der Waals surface area contributed by atoms with Gasteiger partial charge in [-0.1, -0.05) is 18.2 Å². The second-order valence-electron chi connectivity index (χ2n) is 5.29. The number of rotatable bonds is 5. The first-order valence-corrected chi connectivity index (χ1v) is 7.46. The first-order valence-electron chi connectivity index (χ1n) is 7.46. The Labute approximate surface area is 125 Å². The Balaban J connectivity index is 1.77. The van der Waals surface area contributed by atoms with E-state index in [0.717, 1.165) is 19.3 Å². The average Bonchev–Trinajstić information content (AvgIpc) is 2.55. The van der Waals surface area contributed by atoms with Crippen molar-refractivity contribution >= 4 is 11.8 Å². The van der Waals surface area contributed by atoms with E-state index in [1.54, 1.807) is 29.2 Å². The van der Waals surface area contributed by atoms with Crippen LogP contribution in [0, 0.1) is 0 Å². The highest BCUT2D eigenvalue weighted by atomic mass is 16.3. The topological polar surface area (TPSA) is 69.6 Å². The van der Waals surface area contributed by atoms with Crippen LogP contribution < -0.4 is 5.32 Å². The maximum absolute atomic E-state index is 12.1. The Morgan fingerprint density at radius 3 is 2.71 bits per heavy atom. The third kappa shape index (κ3) is 4.29. The molecule has 114 valence electrons. The monoisotopic (exact) mass is 290 g/mol. The highest BCUT2D eigenvalue weighted by Crippen LogP contribution is 2.17. The number of nitrogens with one attached hydrogen (secondary N) is 1. The molecule has 0 aliphatic carbocycles. The molecule has 0 bridgehead atoms. The summed E-state index contributed by atoms with van der Waals surface area (Å²) < 4.78 is 0. The number of aliphatic hydroxyl groups is 1. The minimum atomic E-state index is -0.166. The predicted octanol–water partition coefficient (Wildman–Crippen LogP) is 1.18. The summed E-state index contributed by atoms with van der Waals surface area (Å²) in [6.07, 6.45) is 3.17. The molecular formula is C16H22N2O3. The molecule has 1 atom stereocenters. The number of likely N-dealkylation sites (tertiary alicyclic amines) is 1. The van der Waals surface area contributed by atoms with E-state index >= 15 is 0 Å². The fourth-order valence-corrected chi connectivity index (χ4v) is 2.64. The number of hydrogen-bond acceptors (Lipinski definition) is 3. The van der Waals surface area contributed by atoms with Crippen molar-refractivity contribution in [3.8, 4) is 0 Å². The summed E-state index contributed by atoms with van der Waals surface area (Å²) in [5, 5.41) is 12.1. The van der Waals surface area contributed by atoms with Crippen LogP contribution in [0.5, 0.6) is 0 Å². The number of carbonyl (C=O) groups excluding carboxylic acids is 2. The van der Waals surface area contributed by atoms with Crippen LogP contribution in [-0.2, 0) is 4.79 Å². The highest BCUT2D eigenvalue weighted by Gasteiger charge is 2.25. The number of carbonyl (C=O) groups is 2. The standard InChI is InChI=1S/C16H22N2O3/c19-12-14-8-4-5-11-18(14)15(20)9-10-17-16(21)13-6-2-1-3-7-13/h1-3,6-7,14,19H,4-5,8-12H2,(H,17,21). The van der Waals surface area contributed by atoms with Gasteiger partial charge in [0.25, 0.3) is 5.91 Å². The molecule has 1 unspecified atom stereocenters. The van der Waals surface area contributed by atoms with Gasteiger partial charge in [0.1, 0.15) is 0 Å². The first-order chi connectivity index (χ1) is 10.2. The maximum atomic E-state index is 12.1. The second kappa shape index (κ2) is 7.78. The molecule has 2 N–H and O–H groups in total. The van der Waals surface area contributed by atoms with E-state index in [4.69, 9.17) is 0 Å². The van der Waals surface area contributed by atoms with E-state index in [1.807, 2.05) is 6.07 Å². The highest BCUT2D eigenvalue weighted by molar-refractivity contribution is 5.94. The summed E-state index contributed by atoms with van der Waals surface area (Å²) in [5.41, 5.74) is 0.594. The SMILES string of the molecule is O=C(NCCC(=O)N1CCCCC1CO)c1ccccc1. The second-order valence-corrected chi connectivity index (χ2v) is 5.29. The first kappa shape index (κ1) is 15.5. The third-order valence-electron chi connectivity index (χ3n) is 3.82. The van der Waals surface area contributed by atoms with Gasteiger partial charge < -0.3 is 15.3 Å². The molecule has 5 heteroatoms. The van der Waals surface area contributed by atoms with Crippen molar-refractivity contribution in [1.82, 2.24) is 10.2 Å². The van der Waals surface area contributed by atoms with E-state index in [9.17, 15) is 14.7 Å². The van der Waals surface area contributed by atoms with Crippen molar-refractivity contribution in [2.45, 2.75) is 31.7 Å². The van der Waals surface area contributed by atoms with Crippen LogP contribution in [0.2, 0.25) is 0 Å². The van der Waals surface area contributed by atoms with Crippen LogP contribution >= 0.6 is 0 Å². The molecule has 1 aromatic carbocycles. The Morgan fingerprint density at radius 2 is 2.00 bits per heavy atom. The summed E-state index contributed by atoms with van der Waals surface area (Å²) in [6, 6.07) is 8.88. The lowest BCUT2D eigenvalue weighted by Gasteiger charge is -2.34. The van der Waals surface area contributed by atoms with Crippen LogP contribution in [0.15, 0.2) is 30.3 Å². The number of benzene rings is 1. The summed E-state index contributed by atoms with van der Waals surface area (Å²) in [5.74, 6) is -0.164. The van der Waals surface area contributed by atoms with Crippen molar-refractivity contribution in [3.05, 3.63) is 35.9 Å². The number of aliphatic hydroxyl groups excluding tert-OH is 1. The lowest BCUT2D eigenvalue weighted by Crippen LogP contribution is -2.46. The van der Waals surface area contributed by atoms with Crippen molar-refractivity contribution < 1.29 is 14.7 Å². The van der Waals surface area contributed by atoms with E-state index in [-0.39, 0.29) is 30.9 Å². The molecule has 0 spiro atoms. The van der Waals surface area contributed by atoms with Gasteiger partial charge in [-0.3, -0.25) is 9.59 Å². The third-order valence-corrected chi connectivity index (χ3v) is 3.82. The lowest BCUT2D eigenvalue weighted by atomic mass is 10.0. The smallest absolute Gasteiger partial charge is 0.251 e. The largest absolute Gasteiger partial charge is 0.394 e. The lowest BCUT2D eigenvalue weighted by molar-refractivity contribution is -0.135. The molecule has 1 aliphatic heterocycles. The predicted molar refractivity (Wildman–Crippen MR) is 79.8 cm³/mol. The molecule has 0 saturated carbocycles. The van der Waals surface area contributed by atoms with E-state index in [2.05, 4.69) is 5.32 Å². The normalized spacial score (nSPS) is 18.3. The summed E-state index contributed by atoms with van der Waals surface area (Å²) >= 11 is 0. The quantitative estimate of drug-likeness (QED) is 0.855. The van der Waals surface area contributed by atoms with Gasteiger partial charge in [0.2, 0.25) is 5.91 Å². The summed E-state index contributed by atoms with van der Waals surface area (Å²) in [6.45, 7) is 1.04. The number of amides is 2. The minimum Gasteiger partial charge on any atom is -0.394 e. The molecule has 5 nitrogen and oxygen atoms in total. The molecule has 1 aromatic rings. The molecular weight excluding hydrogens is 268 g/mol. The zero-order valence-electron chi connectivity index (χ0n) is 12.1. The molecule has 1 heterocycles. The van der Waals surface area contributed by atoms with Crippen molar-refractivity contribution in [2.75, 3.05) is 19.7 Å². The molecule has 2 amide bonds. The van der Waals surface area contributed by atoms with Gasteiger partial charge in [0.15, 0.2) is 0 Å². The van der Waals surface area contributed by atoms with Gasteiger partial charge in [-0.25, -0.2) is 0 Å². The molecule has 1 fully saturated rings. The summed E-state index contributed by atoms with van der Waals surface area (Å²) in [4.78, 5) is 25.7. The van der Waals surface area contributed by atoms with E-state index in [0.29, 0.717) is 18.7 Å². The molecule has 0 aromatic heterocycles. The van der Waals surface area contributed by atoms with Gasteiger partial charge in [-0.05, 0) is 31.4 Å². The fraction of sp³-hybridized carbons (Fsp3) is 0.500. The van der Waals surface area contributed by atoms with Crippen LogP contribution in [0.3, 0.4) is 0 Å². The molecule has 0 radical (unpaired) electrons. The Bertz CT molecular complexity index is 476. The Kier molecular flexibility index (Phi) is 5.75. The van der Waals surface area contributed by atoms with E-state index < -0.39 is 0 Å². The zero-order chi connectivity index (χ0) is 15.1. The van der Waals surface area contributed by atoms with E-state index in [1.165, 1.54) is 0 Å². The van der Waals surface area contributed by atoms with Crippen molar-refractivity contribution in [1.29, 1.82) is 0 Å². The van der Waals surface area contributed by atoms with Gasteiger partial charge in [-0.2, -0.15) is 0 Å². The van der Waals surface area contributed by atoms with Crippen LogP contribution in [0.1, 0.15) is 36.0 Å².